The molecule has 0 aromatic rings. The summed E-state index contributed by atoms with van der Waals surface area (Å²) in [5.74, 6) is -2.40. The molecule has 0 saturated carbocycles. The minimum Gasteiger partial charge on any atom is -0.481 e. The number of carboxylic acids is 1. The number of hydrogen-bond acceptors (Lipinski definition) is 2. The second kappa shape index (κ2) is 3.71. The van der Waals surface area contributed by atoms with Gasteiger partial charge in [-0.1, -0.05) is 24.3 Å². The summed E-state index contributed by atoms with van der Waals surface area (Å²) in [6, 6.07) is 0. The maximum atomic E-state index is 10.8. The average molecular weight is 179 g/mol. The van der Waals surface area contributed by atoms with Crippen molar-refractivity contribution in [3.05, 3.63) is 36.0 Å². The number of carboxylic acid groups (broad SMARTS) is 1. The van der Waals surface area contributed by atoms with Crippen LogP contribution in [0, 0.1) is 5.92 Å². The summed E-state index contributed by atoms with van der Waals surface area (Å²) in [4.78, 5) is 21.4. The Kier molecular flexibility index (Phi) is 2.64. The SMILES string of the molecule is NC(=O)C1=CC(C(=O)O)C=CC=C1. The largest absolute Gasteiger partial charge is 0.481 e. The molecule has 0 fully saturated rings. The van der Waals surface area contributed by atoms with E-state index in [0.717, 1.165) is 0 Å². The fourth-order valence-corrected chi connectivity index (χ4v) is 0.966. The normalized spacial score (nSPS) is 20.6. The van der Waals surface area contributed by atoms with E-state index in [1.165, 1.54) is 18.2 Å². The third-order valence-corrected chi connectivity index (χ3v) is 1.63. The van der Waals surface area contributed by atoms with Crippen LogP contribution in [0.2, 0.25) is 0 Å². The summed E-state index contributed by atoms with van der Waals surface area (Å²) in [6.07, 6.45) is 7.45. The van der Waals surface area contributed by atoms with Gasteiger partial charge in [0.2, 0.25) is 5.91 Å². The van der Waals surface area contributed by atoms with Crippen molar-refractivity contribution in [2.75, 3.05) is 0 Å². The van der Waals surface area contributed by atoms with Crippen LogP contribution in [0.25, 0.3) is 0 Å². The minimum atomic E-state index is -1.00. The Hall–Kier alpha value is -1.84. The van der Waals surface area contributed by atoms with Gasteiger partial charge in [-0.05, 0) is 6.08 Å². The van der Waals surface area contributed by atoms with Crippen molar-refractivity contribution >= 4 is 11.9 Å². The molecule has 0 saturated heterocycles. The third-order valence-electron chi connectivity index (χ3n) is 1.63. The van der Waals surface area contributed by atoms with Gasteiger partial charge in [0, 0.05) is 5.57 Å². The zero-order chi connectivity index (χ0) is 9.84. The number of aliphatic carboxylic acids is 1. The second-order valence-electron chi connectivity index (χ2n) is 2.59. The molecule has 0 aromatic heterocycles. The zero-order valence-electron chi connectivity index (χ0n) is 6.81. The first kappa shape index (κ1) is 9.25. The van der Waals surface area contributed by atoms with Crippen LogP contribution >= 0.6 is 0 Å². The van der Waals surface area contributed by atoms with Crippen molar-refractivity contribution in [1.82, 2.24) is 0 Å². The molecule has 0 bridgehead atoms. The number of hydrogen-bond donors (Lipinski definition) is 2. The van der Waals surface area contributed by atoms with Gasteiger partial charge >= 0.3 is 5.97 Å². The maximum Gasteiger partial charge on any atom is 0.314 e. The maximum absolute atomic E-state index is 10.8. The lowest BCUT2D eigenvalue weighted by Crippen LogP contribution is -2.15. The molecule has 4 nitrogen and oxygen atoms in total. The first-order valence-corrected chi connectivity index (χ1v) is 3.70. The van der Waals surface area contributed by atoms with Gasteiger partial charge < -0.3 is 10.8 Å². The van der Waals surface area contributed by atoms with Crippen LogP contribution in [0.1, 0.15) is 0 Å². The summed E-state index contributed by atoms with van der Waals surface area (Å²) < 4.78 is 0. The van der Waals surface area contributed by atoms with Gasteiger partial charge in [0.1, 0.15) is 0 Å². The molecule has 0 aliphatic heterocycles. The fourth-order valence-electron chi connectivity index (χ4n) is 0.966. The van der Waals surface area contributed by atoms with E-state index in [2.05, 4.69) is 0 Å². The number of amides is 1. The van der Waals surface area contributed by atoms with E-state index in [9.17, 15) is 9.59 Å². The molecule has 1 aliphatic carbocycles. The van der Waals surface area contributed by atoms with Crippen LogP contribution in [-0.4, -0.2) is 17.0 Å². The molecule has 1 rings (SSSR count). The van der Waals surface area contributed by atoms with Gasteiger partial charge in [-0.2, -0.15) is 0 Å². The molecule has 1 aliphatic rings. The van der Waals surface area contributed by atoms with Crippen molar-refractivity contribution in [1.29, 1.82) is 0 Å². The van der Waals surface area contributed by atoms with Crippen LogP contribution in [-0.2, 0) is 9.59 Å². The van der Waals surface area contributed by atoms with Gasteiger partial charge in [-0.15, -0.1) is 0 Å². The molecule has 1 amide bonds. The third kappa shape index (κ3) is 2.30. The van der Waals surface area contributed by atoms with Crippen molar-refractivity contribution in [2.45, 2.75) is 0 Å². The van der Waals surface area contributed by atoms with Crippen molar-refractivity contribution in [3.63, 3.8) is 0 Å². The molecule has 1 atom stereocenters. The average Bonchev–Trinajstić information content (AvgIpc) is 2.28. The molecule has 13 heavy (non-hydrogen) atoms. The number of nitrogens with two attached hydrogens (primary N) is 1. The van der Waals surface area contributed by atoms with E-state index < -0.39 is 17.8 Å². The molecule has 0 heterocycles. The molecule has 1 unspecified atom stereocenters. The Labute approximate surface area is 75.0 Å². The summed E-state index contributed by atoms with van der Waals surface area (Å²) in [7, 11) is 0. The van der Waals surface area contributed by atoms with Crippen LogP contribution < -0.4 is 5.73 Å². The van der Waals surface area contributed by atoms with Gasteiger partial charge in [-0.3, -0.25) is 9.59 Å². The number of rotatable bonds is 2. The molecule has 0 radical (unpaired) electrons. The van der Waals surface area contributed by atoms with Crippen LogP contribution in [0.5, 0.6) is 0 Å². The lowest BCUT2D eigenvalue weighted by Gasteiger charge is -2.00. The number of carbonyl (C=O) groups excluding carboxylic acids is 1. The van der Waals surface area contributed by atoms with E-state index in [1.54, 1.807) is 12.2 Å². The van der Waals surface area contributed by atoms with E-state index in [4.69, 9.17) is 10.8 Å². The smallest absolute Gasteiger partial charge is 0.314 e. The predicted molar refractivity (Wildman–Crippen MR) is 46.7 cm³/mol. The number of primary amides is 1. The van der Waals surface area contributed by atoms with Crippen LogP contribution in [0.15, 0.2) is 36.0 Å². The van der Waals surface area contributed by atoms with Crippen LogP contribution in [0.3, 0.4) is 0 Å². The Bertz CT molecular complexity index is 326. The van der Waals surface area contributed by atoms with Gasteiger partial charge in [0.05, 0.1) is 5.92 Å². The monoisotopic (exact) mass is 179 g/mol. The number of allylic oxidation sites excluding steroid dienone is 2. The highest BCUT2D eigenvalue weighted by atomic mass is 16.4. The van der Waals surface area contributed by atoms with Crippen molar-refractivity contribution in [3.8, 4) is 0 Å². The second-order valence-corrected chi connectivity index (χ2v) is 2.59. The quantitative estimate of drug-likeness (QED) is 0.636. The molecule has 0 spiro atoms. The number of carbonyl (C=O) groups is 2. The standard InChI is InChI=1S/C9H9NO3/c10-8(11)6-3-1-2-4-7(5-6)9(12)13/h1-5,7H,(H2,10,11)(H,12,13). The fraction of sp³-hybridized carbons (Fsp3) is 0.111. The molecular formula is C9H9NO3. The molecule has 0 aromatic carbocycles. The summed E-state index contributed by atoms with van der Waals surface area (Å²) >= 11 is 0. The molecule has 3 N–H and O–H groups in total. The van der Waals surface area contributed by atoms with E-state index in [0.29, 0.717) is 0 Å². The summed E-state index contributed by atoms with van der Waals surface area (Å²) in [5.41, 5.74) is 5.24. The zero-order valence-corrected chi connectivity index (χ0v) is 6.81. The Morgan fingerprint density at radius 3 is 2.62 bits per heavy atom. The van der Waals surface area contributed by atoms with E-state index >= 15 is 0 Å². The lowest BCUT2D eigenvalue weighted by atomic mass is 10.1. The molecule has 4 heteroatoms. The molecule has 68 valence electrons. The predicted octanol–water partition coefficient (Wildman–Crippen LogP) is 0.225. The van der Waals surface area contributed by atoms with E-state index in [-0.39, 0.29) is 5.57 Å². The van der Waals surface area contributed by atoms with Gasteiger partial charge in [-0.25, -0.2) is 0 Å². The van der Waals surface area contributed by atoms with Gasteiger partial charge in [0.15, 0.2) is 0 Å². The Morgan fingerprint density at radius 2 is 2.08 bits per heavy atom. The Morgan fingerprint density at radius 1 is 1.38 bits per heavy atom. The van der Waals surface area contributed by atoms with Crippen molar-refractivity contribution in [2.24, 2.45) is 11.7 Å². The highest BCUT2D eigenvalue weighted by Crippen LogP contribution is 2.11. The van der Waals surface area contributed by atoms with E-state index in [1.807, 2.05) is 0 Å². The van der Waals surface area contributed by atoms with Crippen LogP contribution in [0.4, 0.5) is 0 Å². The summed E-state index contributed by atoms with van der Waals surface area (Å²) in [6.45, 7) is 0. The highest BCUT2D eigenvalue weighted by Gasteiger charge is 2.14. The summed E-state index contributed by atoms with van der Waals surface area (Å²) in [5, 5.41) is 8.69. The first-order valence-electron chi connectivity index (χ1n) is 3.70. The lowest BCUT2D eigenvalue weighted by molar-refractivity contribution is -0.138. The highest BCUT2D eigenvalue weighted by molar-refractivity contribution is 5.96. The first-order chi connectivity index (χ1) is 6.11. The van der Waals surface area contributed by atoms with Crippen molar-refractivity contribution < 1.29 is 14.7 Å². The topological polar surface area (TPSA) is 80.4 Å². The molecular weight excluding hydrogens is 170 g/mol. The Balaban J connectivity index is 2.97. The van der Waals surface area contributed by atoms with Gasteiger partial charge in [0.25, 0.3) is 0 Å². The minimum absolute atomic E-state index is 0.220.